The summed E-state index contributed by atoms with van der Waals surface area (Å²) in [6.45, 7) is 10.8. The van der Waals surface area contributed by atoms with Crippen LogP contribution in [0.4, 0.5) is 0 Å². The third-order valence-electron chi connectivity index (χ3n) is 2.20. The molecule has 0 aromatic heterocycles. The van der Waals surface area contributed by atoms with E-state index in [1.165, 1.54) is 0 Å². The Morgan fingerprint density at radius 1 is 1.07 bits per heavy atom. The summed E-state index contributed by atoms with van der Waals surface area (Å²) in [6, 6.07) is 0. The largest absolute Gasteiger partial charge is 0.316 e. The van der Waals surface area contributed by atoms with E-state index in [1.807, 2.05) is 0 Å². The summed E-state index contributed by atoms with van der Waals surface area (Å²) in [5.74, 6) is 3.11. The molecule has 0 fully saturated rings. The van der Waals surface area contributed by atoms with Gasteiger partial charge in [0.15, 0.2) is 0 Å². The Labute approximate surface area is 97.7 Å². The summed E-state index contributed by atoms with van der Waals surface area (Å²) < 4.78 is 11.5. The van der Waals surface area contributed by atoms with Crippen LogP contribution in [0, 0.1) is 11.8 Å². The molecular weight excluding hydrogens is 206 g/mol. The minimum Gasteiger partial charge on any atom is -0.316 e. The van der Waals surface area contributed by atoms with Crippen LogP contribution in [0.5, 0.6) is 0 Å². The second kappa shape index (κ2) is 9.34. The molecule has 0 amide bonds. The molecule has 0 aliphatic heterocycles. The van der Waals surface area contributed by atoms with Crippen LogP contribution in [0.3, 0.4) is 0 Å². The van der Waals surface area contributed by atoms with E-state index in [0.29, 0.717) is 11.8 Å². The fourth-order valence-corrected chi connectivity index (χ4v) is 2.62. The first-order valence-corrected chi connectivity index (χ1v) is 7.57. The van der Waals surface area contributed by atoms with Gasteiger partial charge < -0.3 is 5.32 Å². The van der Waals surface area contributed by atoms with Crippen LogP contribution in [0.15, 0.2) is 0 Å². The van der Waals surface area contributed by atoms with Gasteiger partial charge in [-0.05, 0) is 37.8 Å². The van der Waals surface area contributed by atoms with Crippen molar-refractivity contribution in [2.24, 2.45) is 11.8 Å². The molecule has 3 heteroatoms. The van der Waals surface area contributed by atoms with Crippen molar-refractivity contribution >= 4 is 10.8 Å². The third-order valence-corrected chi connectivity index (χ3v) is 3.64. The highest BCUT2D eigenvalue weighted by Crippen LogP contribution is 2.01. The fourth-order valence-electron chi connectivity index (χ4n) is 1.22. The van der Waals surface area contributed by atoms with Gasteiger partial charge in [0.05, 0.1) is 0 Å². The number of hydrogen-bond donors (Lipinski definition) is 1. The normalized spacial score (nSPS) is 13.7. The van der Waals surface area contributed by atoms with Gasteiger partial charge in [0.25, 0.3) is 0 Å². The number of rotatable bonds is 9. The molecule has 0 saturated heterocycles. The average Bonchev–Trinajstić information content (AvgIpc) is 2.13. The quantitative estimate of drug-likeness (QED) is 0.620. The van der Waals surface area contributed by atoms with Crippen molar-refractivity contribution in [3.8, 4) is 0 Å². The lowest BCUT2D eigenvalue weighted by Crippen LogP contribution is -2.22. The van der Waals surface area contributed by atoms with Gasteiger partial charge in [-0.25, -0.2) is 0 Å². The van der Waals surface area contributed by atoms with Crippen molar-refractivity contribution in [3.63, 3.8) is 0 Å². The average molecular weight is 233 g/mol. The van der Waals surface area contributed by atoms with Crippen molar-refractivity contribution in [3.05, 3.63) is 0 Å². The van der Waals surface area contributed by atoms with E-state index < -0.39 is 10.8 Å². The van der Waals surface area contributed by atoms with Crippen LogP contribution >= 0.6 is 0 Å². The van der Waals surface area contributed by atoms with Gasteiger partial charge in [0.2, 0.25) is 0 Å². The molecule has 0 aromatic carbocycles. The Hall–Kier alpha value is 0.110. The monoisotopic (exact) mass is 233 g/mol. The van der Waals surface area contributed by atoms with Crippen LogP contribution in [-0.4, -0.2) is 28.8 Å². The van der Waals surface area contributed by atoms with Crippen LogP contribution in [-0.2, 0) is 10.8 Å². The maximum absolute atomic E-state index is 11.5. The highest BCUT2D eigenvalue weighted by Gasteiger charge is 2.01. The minimum absolute atomic E-state index is 0.595. The zero-order chi connectivity index (χ0) is 11.7. The van der Waals surface area contributed by atoms with Gasteiger partial charge in [-0.1, -0.05) is 27.7 Å². The summed E-state index contributed by atoms with van der Waals surface area (Å²) in [6.07, 6.45) is 2.13. The molecule has 0 heterocycles. The van der Waals surface area contributed by atoms with E-state index in [4.69, 9.17) is 0 Å². The number of hydrogen-bond acceptors (Lipinski definition) is 2. The van der Waals surface area contributed by atoms with E-state index in [-0.39, 0.29) is 0 Å². The molecule has 2 nitrogen and oxygen atoms in total. The maximum atomic E-state index is 11.5. The first kappa shape index (κ1) is 15.1. The van der Waals surface area contributed by atoms with Crippen molar-refractivity contribution in [2.45, 2.75) is 40.5 Å². The first-order valence-electron chi connectivity index (χ1n) is 6.08. The molecule has 0 rings (SSSR count). The summed E-state index contributed by atoms with van der Waals surface area (Å²) >= 11 is 0. The molecule has 1 N–H and O–H groups in total. The van der Waals surface area contributed by atoms with Gasteiger partial charge in [-0.3, -0.25) is 4.21 Å². The first-order chi connectivity index (χ1) is 7.02. The zero-order valence-corrected chi connectivity index (χ0v) is 11.5. The van der Waals surface area contributed by atoms with Gasteiger partial charge in [0.1, 0.15) is 0 Å². The van der Waals surface area contributed by atoms with Gasteiger partial charge in [-0.2, -0.15) is 0 Å². The molecule has 0 saturated carbocycles. The topological polar surface area (TPSA) is 29.1 Å². The maximum Gasteiger partial charge on any atom is 0.0246 e. The van der Waals surface area contributed by atoms with Crippen LogP contribution in [0.2, 0.25) is 0 Å². The molecule has 0 bridgehead atoms. The van der Waals surface area contributed by atoms with E-state index in [1.54, 1.807) is 0 Å². The van der Waals surface area contributed by atoms with Gasteiger partial charge in [0, 0.05) is 22.3 Å². The summed E-state index contributed by atoms with van der Waals surface area (Å²) in [4.78, 5) is 0. The standard InChI is InChI=1S/C12H27NOS/c1-11(2)6-9-15(14)8-5-7-13-10-12(3)4/h11-13H,5-10H2,1-4H3. The minimum atomic E-state index is -0.595. The highest BCUT2D eigenvalue weighted by molar-refractivity contribution is 7.84. The van der Waals surface area contributed by atoms with E-state index in [0.717, 1.165) is 37.4 Å². The predicted octanol–water partition coefficient (Wildman–Crippen LogP) is 2.42. The molecule has 0 aliphatic rings. The van der Waals surface area contributed by atoms with E-state index in [2.05, 4.69) is 33.0 Å². The molecule has 1 atom stereocenters. The molecule has 0 radical (unpaired) electrons. The Balaban J connectivity index is 3.24. The van der Waals surface area contributed by atoms with Crippen molar-refractivity contribution in [1.29, 1.82) is 0 Å². The lowest BCUT2D eigenvalue weighted by atomic mass is 10.2. The second-order valence-corrected chi connectivity index (χ2v) is 6.68. The molecule has 0 aromatic rings. The van der Waals surface area contributed by atoms with Crippen molar-refractivity contribution in [2.75, 3.05) is 24.6 Å². The van der Waals surface area contributed by atoms with Crippen LogP contribution in [0.1, 0.15) is 40.5 Å². The molecule has 1 unspecified atom stereocenters. The summed E-state index contributed by atoms with van der Waals surface area (Å²) in [7, 11) is -0.595. The fraction of sp³-hybridized carbons (Fsp3) is 1.00. The van der Waals surface area contributed by atoms with Crippen LogP contribution < -0.4 is 5.32 Å². The number of nitrogens with one attached hydrogen (secondary N) is 1. The van der Waals surface area contributed by atoms with Crippen molar-refractivity contribution in [1.82, 2.24) is 5.32 Å². The van der Waals surface area contributed by atoms with E-state index in [9.17, 15) is 4.21 Å². The summed E-state index contributed by atoms with van der Waals surface area (Å²) in [5, 5.41) is 3.37. The molecule has 15 heavy (non-hydrogen) atoms. The third kappa shape index (κ3) is 12.0. The smallest absolute Gasteiger partial charge is 0.0246 e. The molecular formula is C12H27NOS. The van der Waals surface area contributed by atoms with Crippen molar-refractivity contribution < 1.29 is 4.21 Å². The molecule has 0 spiro atoms. The summed E-state index contributed by atoms with van der Waals surface area (Å²) in [5.41, 5.74) is 0. The van der Waals surface area contributed by atoms with Gasteiger partial charge in [-0.15, -0.1) is 0 Å². The lowest BCUT2D eigenvalue weighted by Gasteiger charge is -2.07. The SMILES string of the molecule is CC(C)CCS(=O)CCCNCC(C)C. The Bertz CT molecular complexity index is 169. The Morgan fingerprint density at radius 3 is 2.27 bits per heavy atom. The molecule has 92 valence electrons. The van der Waals surface area contributed by atoms with E-state index >= 15 is 0 Å². The molecule has 0 aliphatic carbocycles. The highest BCUT2D eigenvalue weighted by atomic mass is 32.2. The Kier molecular flexibility index (Phi) is 9.41. The van der Waals surface area contributed by atoms with Crippen LogP contribution in [0.25, 0.3) is 0 Å². The Morgan fingerprint density at radius 2 is 1.73 bits per heavy atom. The predicted molar refractivity (Wildman–Crippen MR) is 69.7 cm³/mol. The second-order valence-electron chi connectivity index (χ2n) is 4.98. The zero-order valence-electron chi connectivity index (χ0n) is 10.7. The lowest BCUT2D eigenvalue weighted by molar-refractivity contribution is 0.550. The van der Waals surface area contributed by atoms with Gasteiger partial charge >= 0.3 is 0 Å².